The Labute approximate surface area is 147 Å². The Morgan fingerprint density at radius 1 is 1.12 bits per heavy atom. The highest BCUT2D eigenvalue weighted by atomic mass is 15.2. The number of guanidine groups is 1. The first-order valence-electron chi connectivity index (χ1n) is 8.18. The number of hydrogen-bond donors (Lipinski definition) is 2. The standard InChI is InChI=1S/C19H22N6/c1-15-4-3-5-16(10-15)11-23-19(20-2)24-13-17-6-7-18(22-12-17)25-9-8-21-14-25/h3-10,12,14H,11,13H2,1-2H3,(H2,20,23,24). The molecule has 0 spiro atoms. The molecule has 0 saturated heterocycles. The maximum absolute atomic E-state index is 4.45. The van der Waals surface area contributed by atoms with E-state index in [2.05, 4.69) is 56.8 Å². The molecule has 0 atom stereocenters. The summed E-state index contributed by atoms with van der Waals surface area (Å²) in [6.45, 7) is 3.49. The highest BCUT2D eigenvalue weighted by Gasteiger charge is 2.01. The summed E-state index contributed by atoms with van der Waals surface area (Å²) in [7, 11) is 1.77. The fourth-order valence-electron chi connectivity index (χ4n) is 2.48. The van der Waals surface area contributed by atoms with Crippen molar-refractivity contribution < 1.29 is 0 Å². The van der Waals surface area contributed by atoms with Gasteiger partial charge in [0, 0.05) is 38.7 Å². The lowest BCUT2D eigenvalue weighted by molar-refractivity contribution is 0.805. The second-order valence-corrected chi connectivity index (χ2v) is 5.76. The summed E-state index contributed by atoms with van der Waals surface area (Å²) in [5.41, 5.74) is 3.57. The molecular formula is C19H22N6. The number of pyridine rings is 1. The topological polar surface area (TPSA) is 67.1 Å². The lowest BCUT2D eigenvalue weighted by atomic mass is 10.1. The summed E-state index contributed by atoms with van der Waals surface area (Å²) in [6.07, 6.45) is 7.20. The molecule has 25 heavy (non-hydrogen) atoms. The smallest absolute Gasteiger partial charge is 0.191 e. The van der Waals surface area contributed by atoms with Crippen molar-refractivity contribution in [2.24, 2.45) is 4.99 Å². The maximum Gasteiger partial charge on any atom is 0.191 e. The van der Waals surface area contributed by atoms with Gasteiger partial charge >= 0.3 is 0 Å². The van der Waals surface area contributed by atoms with E-state index < -0.39 is 0 Å². The Bertz CT molecular complexity index is 821. The van der Waals surface area contributed by atoms with Crippen molar-refractivity contribution in [2.45, 2.75) is 20.0 Å². The van der Waals surface area contributed by atoms with E-state index in [9.17, 15) is 0 Å². The molecule has 2 heterocycles. The van der Waals surface area contributed by atoms with Gasteiger partial charge in [-0.05, 0) is 24.1 Å². The molecule has 0 saturated carbocycles. The Balaban J connectivity index is 1.52. The number of imidazole rings is 1. The number of hydrogen-bond acceptors (Lipinski definition) is 3. The van der Waals surface area contributed by atoms with E-state index in [1.54, 1.807) is 19.6 Å². The minimum absolute atomic E-state index is 0.657. The zero-order valence-corrected chi connectivity index (χ0v) is 14.5. The monoisotopic (exact) mass is 334 g/mol. The highest BCUT2D eigenvalue weighted by molar-refractivity contribution is 5.79. The van der Waals surface area contributed by atoms with E-state index in [-0.39, 0.29) is 0 Å². The van der Waals surface area contributed by atoms with Gasteiger partial charge in [0.15, 0.2) is 5.96 Å². The number of benzene rings is 1. The Morgan fingerprint density at radius 2 is 1.96 bits per heavy atom. The zero-order chi connectivity index (χ0) is 17.5. The summed E-state index contributed by atoms with van der Waals surface area (Å²) in [6, 6.07) is 12.4. The zero-order valence-electron chi connectivity index (χ0n) is 14.5. The molecule has 2 N–H and O–H groups in total. The van der Waals surface area contributed by atoms with Crippen LogP contribution >= 0.6 is 0 Å². The van der Waals surface area contributed by atoms with Gasteiger partial charge in [-0.1, -0.05) is 35.9 Å². The second-order valence-electron chi connectivity index (χ2n) is 5.76. The average Bonchev–Trinajstić information content (AvgIpc) is 3.17. The van der Waals surface area contributed by atoms with Gasteiger partial charge in [0.05, 0.1) is 0 Å². The van der Waals surface area contributed by atoms with Crippen LogP contribution in [0.3, 0.4) is 0 Å². The molecule has 6 heteroatoms. The fraction of sp³-hybridized carbons (Fsp3) is 0.211. The number of nitrogens with zero attached hydrogens (tertiary/aromatic N) is 4. The number of nitrogens with one attached hydrogen (secondary N) is 2. The van der Waals surface area contributed by atoms with Gasteiger partial charge in [-0.2, -0.15) is 0 Å². The molecule has 6 nitrogen and oxygen atoms in total. The molecule has 3 aromatic rings. The van der Waals surface area contributed by atoms with Gasteiger partial charge in [0.1, 0.15) is 12.1 Å². The normalized spacial score (nSPS) is 11.4. The van der Waals surface area contributed by atoms with Crippen molar-refractivity contribution in [1.82, 2.24) is 25.2 Å². The molecule has 128 valence electrons. The van der Waals surface area contributed by atoms with E-state index in [1.807, 2.05) is 29.1 Å². The lowest BCUT2D eigenvalue weighted by Gasteiger charge is -2.12. The molecular weight excluding hydrogens is 312 g/mol. The van der Waals surface area contributed by atoms with Gasteiger partial charge in [-0.15, -0.1) is 0 Å². The Hall–Kier alpha value is -3.15. The molecule has 0 bridgehead atoms. The number of aliphatic imine (C=N–C) groups is 1. The second kappa shape index (κ2) is 8.10. The van der Waals surface area contributed by atoms with Crippen molar-refractivity contribution in [3.05, 3.63) is 78.0 Å². The predicted molar refractivity (Wildman–Crippen MR) is 99.6 cm³/mol. The summed E-state index contributed by atoms with van der Waals surface area (Å²) >= 11 is 0. The number of aryl methyl sites for hydroxylation is 1. The van der Waals surface area contributed by atoms with Gasteiger partial charge in [-0.3, -0.25) is 9.56 Å². The number of aromatic nitrogens is 3. The van der Waals surface area contributed by atoms with Gasteiger partial charge in [0.25, 0.3) is 0 Å². The first kappa shape index (κ1) is 16.7. The molecule has 0 aliphatic heterocycles. The molecule has 0 aliphatic carbocycles. The van der Waals surface area contributed by atoms with Crippen LogP contribution in [-0.4, -0.2) is 27.5 Å². The van der Waals surface area contributed by atoms with Crippen LogP contribution in [-0.2, 0) is 13.1 Å². The molecule has 1 aromatic carbocycles. The minimum Gasteiger partial charge on any atom is -0.352 e. The van der Waals surface area contributed by atoms with E-state index in [1.165, 1.54) is 11.1 Å². The van der Waals surface area contributed by atoms with Crippen LogP contribution in [0.4, 0.5) is 0 Å². The van der Waals surface area contributed by atoms with E-state index in [0.29, 0.717) is 6.54 Å². The summed E-state index contributed by atoms with van der Waals surface area (Å²) < 4.78 is 1.87. The van der Waals surface area contributed by atoms with Crippen LogP contribution in [0.1, 0.15) is 16.7 Å². The fourth-order valence-corrected chi connectivity index (χ4v) is 2.48. The maximum atomic E-state index is 4.45. The summed E-state index contributed by atoms with van der Waals surface area (Å²) in [5.74, 6) is 1.61. The molecule has 0 radical (unpaired) electrons. The molecule has 0 amide bonds. The van der Waals surface area contributed by atoms with Gasteiger partial charge < -0.3 is 10.6 Å². The highest BCUT2D eigenvalue weighted by Crippen LogP contribution is 2.05. The molecule has 2 aromatic heterocycles. The third kappa shape index (κ3) is 4.67. The van der Waals surface area contributed by atoms with E-state index >= 15 is 0 Å². The Kier molecular flexibility index (Phi) is 5.41. The van der Waals surface area contributed by atoms with Crippen molar-refractivity contribution in [2.75, 3.05) is 7.05 Å². The third-order valence-corrected chi connectivity index (χ3v) is 3.80. The SMILES string of the molecule is CN=C(NCc1ccc(-n2ccnc2)nc1)NCc1cccc(C)c1. The van der Waals surface area contributed by atoms with E-state index in [4.69, 9.17) is 0 Å². The van der Waals surface area contributed by atoms with Crippen molar-refractivity contribution in [1.29, 1.82) is 0 Å². The van der Waals surface area contributed by atoms with Crippen molar-refractivity contribution >= 4 is 5.96 Å². The van der Waals surface area contributed by atoms with Gasteiger partial charge in [-0.25, -0.2) is 9.97 Å². The van der Waals surface area contributed by atoms with Gasteiger partial charge in [0.2, 0.25) is 0 Å². The molecule has 0 fully saturated rings. The first-order chi connectivity index (χ1) is 12.2. The molecule has 0 unspecified atom stereocenters. The largest absolute Gasteiger partial charge is 0.352 e. The Morgan fingerprint density at radius 3 is 2.60 bits per heavy atom. The van der Waals surface area contributed by atoms with Crippen LogP contribution in [0.15, 0.2) is 66.3 Å². The van der Waals surface area contributed by atoms with Crippen LogP contribution in [0, 0.1) is 6.92 Å². The average molecular weight is 334 g/mol. The predicted octanol–water partition coefficient (Wildman–Crippen LogP) is 2.44. The van der Waals surface area contributed by atoms with Crippen molar-refractivity contribution in [3.8, 4) is 5.82 Å². The van der Waals surface area contributed by atoms with Crippen LogP contribution < -0.4 is 10.6 Å². The first-order valence-corrected chi connectivity index (χ1v) is 8.18. The number of rotatable bonds is 5. The lowest BCUT2D eigenvalue weighted by Crippen LogP contribution is -2.36. The molecule has 3 rings (SSSR count). The summed E-state index contributed by atoms with van der Waals surface area (Å²) in [4.78, 5) is 12.7. The van der Waals surface area contributed by atoms with Crippen LogP contribution in [0.2, 0.25) is 0 Å². The van der Waals surface area contributed by atoms with Crippen LogP contribution in [0.5, 0.6) is 0 Å². The van der Waals surface area contributed by atoms with Crippen molar-refractivity contribution in [3.63, 3.8) is 0 Å². The summed E-state index contributed by atoms with van der Waals surface area (Å²) in [5, 5.41) is 6.63. The van der Waals surface area contributed by atoms with Crippen LogP contribution in [0.25, 0.3) is 5.82 Å². The third-order valence-electron chi connectivity index (χ3n) is 3.80. The van der Waals surface area contributed by atoms with E-state index in [0.717, 1.165) is 23.9 Å². The quantitative estimate of drug-likeness (QED) is 0.555. The molecule has 0 aliphatic rings. The minimum atomic E-state index is 0.657.